The van der Waals surface area contributed by atoms with Gasteiger partial charge < -0.3 is 9.04 Å². The quantitative estimate of drug-likeness (QED) is 0.571. The number of methoxy groups -OCH3 is 1. The third kappa shape index (κ3) is 3.14. The SMILES string of the molecule is COC(=O)c1cc(Br)cc2c1C(C)CN2SC(C)(C)C. The Labute approximate surface area is 133 Å². The molecule has 110 valence electrons. The Morgan fingerprint density at radius 3 is 2.65 bits per heavy atom. The summed E-state index contributed by atoms with van der Waals surface area (Å²) in [5.41, 5.74) is 2.88. The number of carbonyl (C=O) groups excluding carboxylic acids is 1. The fourth-order valence-corrected chi connectivity index (χ4v) is 4.12. The first-order chi connectivity index (χ1) is 9.23. The van der Waals surface area contributed by atoms with Gasteiger partial charge in [0.15, 0.2) is 0 Å². The van der Waals surface area contributed by atoms with Crippen molar-refractivity contribution >= 4 is 39.5 Å². The summed E-state index contributed by atoms with van der Waals surface area (Å²) in [6.45, 7) is 9.65. The minimum absolute atomic E-state index is 0.134. The highest BCUT2D eigenvalue weighted by Crippen LogP contribution is 2.46. The molecule has 1 atom stereocenters. The van der Waals surface area contributed by atoms with E-state index in [-0.39, 0.29) is 10.7 Å². The normalized spacial score (nSPS) is 18.1. The highest BCUT2D eigenvalue weighted by molar-refractivity contribution is 9.10. The Balaban J connectivity index is 2.49. The first-order valence-corrected chi connectivity index (χ1v) is 8.18. The first kappa shape index (κ1) is 15.7. The van der Waals surface area contributed by atoms with Crippen molar-refractivity contribution in [2.75, 3.05) is 18.0 Å². The molecule has 1 aliphatic rings. The molecule has 3 nitrogen and oxygen atoms in total. The number of anilines is 1. The van der Waals surface area contributed by atoms with Gasteiger partial charge in [0, 0.05) is 21.7 Å². The molecule has 0 radical (unpaired) electrons. The zero-order valence-electron chi connectivity index (χ0n) is 12.5. The summed E-state index contributed by atoms with van der Waals surface area (Å²) in [6.07, 6.45) is 0. The van der Waals surface area contributed by atoms with Gasteiger partial charge in [-0.3, -0.25) is 0 Å². The van der Waals surface area contributed by atoms with Crippen LogP contribution in [0.15, 0.2) is 16.6 Å². The maximum Gasteiger partial charge on any atom is 0.338 e. The smallest absolute Gasteiger partial charge is 0.338 e. The van der Waals surface area contributed by atoms with E-state index in [1.165, 1.54) is 7.11 Å². The minimum Gasteiger partial charge on any atom is -0.465 e. The van der Waals surface area contributed by atoms with Crippen molar-refractivity contribution in [2.24, 2.45) is 0 Å². The van der Waals surface area contributed by atoms with Gasteiger partial charge in [0.1, 0.15) is 0 Å². The fourth-order valence-electron chi connectivity index (χ4n) is 2.46. The Morgan fingerprint density at radius 2 is 2.10 bits per heavy atom. The summed E-state index contributed by atoms with van der Waals surface area (Å²) < 4.78 is 8.25. The van der Waals surface area contributed by atoms with E-state index in [1.54, 1.807) is 0 Å². The summed E-state index contributed by atoms with van der Waals surface area (Å²) in [4.78, 5) is 12.0. The van der Waals surface area contributed by atoms with Crippen LogP contribution in [-0.4, -0.2) is 24.4 Å². The maximum atomic E-state index is 12.0. The van der Waals surface area contributed by atoms with E-state index in [2.05, 4.69) is 54.0 Å². The second-order valence-electron chi connectivity index (χ2n) is 6.04. The number of carbonyl (C=O) groups is 1. The number of benzene rings is 1. The number of hydrogen-bond acceptors (Lipinski definition) is 4. The number of nitrogens with zero attached hydrogens (tertiary/aromatic N) is 1. The van der Waals surface area contributed by atoms with E-state index in [1.807, 2.05) is 18.0 Å². The first-order valence-electron chi connectivity index (χ1n) is 6.61. The van der Waals surface area contributed by atoms with Crippen LogP contribution in [0.5, 0.6) is 0 Å². The highest BCUT2D eigenvalue weighted by Gasteiger charge is 2.33. The lowest BCUT2D eigenvalue weighted by molar-refractivity contribution is 0.0599. The standard InChI is InChI=1S/C15H20BrNO2S/c1-9-8-17(20-15(2,3)4)12-7-10(16)6-11(13(9)12)14(18)19-5/h6-7,9H,8H2,1-5H3. The van der Waals surface area contributed by atoms with Gasteiger partial charge in [0.05, 0.1) is 18.4 Å². The van der Waals surface area contributed by atoms with Crippen molar-refractivity contribution in [3.05, 3.63) is 27.7 Å². The molecule has 1 unspecified atom stereocenters. The molecule has 0 amide bonds. The monoisotopic (exact) mass is 357 g/mol. The molecule has 5 heteroatoms. The van der Waals surface area contributed by atoms with Gasteiger partial charge >= 0.3 is 5.97 Å². The number of ether oxygens (including phenoxy) is 1. The zero-order chi connectivity index (χ0) is 15.1. The molecule has 0 saturated heterocycles. The summed E-state index contributed by atoms with van der Waals surface area (Å²) >= 11 is 5.30. The molecular weight excluding hydrogens is 338 g/mol. The van der Waals surface area contributed by atoms with Gasteiger partial charge in [-0.1, -0.05) is 22.9 Å². The van der Waals surface area contributed by atoms with Gasteiger partial charge in [0.2, 0.25) is 0 Å². The molecule has 0 saturated carbocycles. The van der Waals surface area contributed by atoms with Crippen LogP contribution in [0.1, 0.15) is 49.5 Å². The fraction of sp³-hybridized carbons (Fsp3) is 0.533. The van der Waals surface area contributed by atoms with Crippen molar-refractivity contribution < 1.29 is 9.53 Å². The van der Waals surface area contributed by atoms with Crippen LogP contribution in [-0.2, 0) is 4.74 Å². The lowest BCUT2D eigenvalue weighted by atomic mass is 9.97. The second kappa shape index (κ2) is 5.60. The number of fused-ring (bicyclic) bond motifs is 1. The van der Waals surface area contributed by atoms with Gasteiger partial charge in [0.25, 0.3) is 0 Å². The van der Waals surface area contributed by atoms with Gasteiger partial charge in [-0.25, -0.2) is 4.79 Å². The lowest BCUT2D eigenvalue weighted by Gasteiger charge is -2.27. The Hall–Kier alpha value is -0.680. The van der Waals surface area contributed by atoms with Crippen LogP contribution < -0.4 is 4.31 Å². The average molecular weight is 358 g/mol. The molecule has 0 N–H and O–H groups in total. The number of halogens is 1. The van der Waals surface area contributed by atoms with E-state index < -0.39 is 0 Å². The largest absolute Gasteiger partial charge is 0.465 e. The Bertz CT molecular complexity index is 539. The molecule has 0 aromatic heterocycles. The Morgan fingerprint density at radius 1 is 1.45 bits per heavy atom. The predicted molar refractivity (Wildman–Crippen MR) is 88.6 cm³/mol. The van der Waals surface area contributed by atoms with Gasteiger partial charge in [-0.2, -0.15) is 0 Å². The number of hydrogen-bond donors (Lipinski definition) is 0. The molecule has 0 bridgehead atoms. The van der Waals surface area contributed by atoms with Crippen LogP contribution in [0.3, 0.4) is 0 Å². The molecule has 1 aromatic carbocycles. The average Bonchev–Trinajstić information content (AvgIpc) is 2.62. The van der Waals surface area contributed by atoms with E-state index in [9.17, 15) is 4.79 Å². The minimum atomic E-state index is -0.267. The third-order valence-electron chi connectivity index (χ3n) is 3.11. The Kier molecular flexibility index (Phi) is 4.40. The second-order valence-corrected chi connectivity index (χ2v) is 8.81. The van der Waals surface area contributed by atoms with E-state index in [4.69, 9.17) is 4.74 Å². The molecule has 20 heavy (non-hydrogen) atoms. The van der Waals surface area contributed by atoms with Crippen LogP contribution in [0.2, 0.25) is 0 Å². The molecule has 2 rings (SSSR count). The lowest BCUT2D eigenvalue weighted by Crippen LogP contribution is -2.21. The van der Waals surface area contributed by atoms with Crippen molar-refractivity contribution in [3.8, 4) is 0 Å². The third-order valence-corrected chi connectivity index (χ3v) is 4.69. The van der Waals surface area contributed by atoms with Crippen LogP contribution in [0.25, 0.3) is 0 Å². The van der Waals surface area contributed by atoms with Gasteiger partial charge in [-0.05, 0) is 50.4 Å². The molecule has 0 fully saturated rings. The molecule has 1 aliphatic heterocycles. The van der Waals surface area contributed by atoms with Crippen LogP contribution in [0.4, 0.5) is 5.69 Å². The molecule has 0 aliphatic carbocycles. The number of esters is 1. The summed E-state index contributed by atoms with van der Waals surface area (Å²) in [7, 11) is 1.43. The van der Waals surface area contributed by atoms with Crippen LogP contribution in [0, 0.1) is 0 Å². The van der Waals surface area contributed by atoms with Crippen molar-refractivity contribution in [1.82, 2.24) is 0 Å². The van der Waals surface area contributed by atoms with E-state index >= 15 is 0 Å². The highest BCUT2D eigenvalue weighted by atomic mass is 79.9. The predicted octanol–water partition coefficient (Wildman–Crippen LogP) is 4.61. The molecular formula is C15H20BrNO2S. The zero-order valence-corrected chi connectivity index (χ0v) is 14.9. The number of rotatable bonds is 2. The topological polar surface area (TPSA) is 29.5 Å². The van der Waals surface area contributed by atoms with Crippen molar-refractivity contribution in [2.45, 2.75) is 38.4 Å². The van der Waals surface area contributed by atoms with E-state index in [0.717, 1.165) is 22.3 Å². The molecule has 1 heterocycles. The summed E-state index contributed by atoms with van der Waals surface area (Å²) in [5.74, 6) is 0.0547. The molecule has 1 aromatic rings. The molecule has 0 spiro atoms. The van der Waals surface area contributed by atoms with Gasteiger partial charge in [-0.15, -0.1) is 0 Å². The van der Waals surface area contributed by atoms with Crippen LogP contribution >= 0.6 is 27.9 Å². The van der Waals surface area contributed by atoms with Crippen molar-refractivity contribution in [1.29, 1.82) is 0 Å². The van der Waals surface area contributed by atoms with E-state index in [0.29, 0.717) is 11.5 Å². The maximum absolute atomic E-state index is 12.0. The summed E-state index contributed by atoms with van der Waals surface area (Å²) in [5, 5.41) is 0. The summed E-state index contributed by atoms with van der Waals surface area (Å²) in [6, 6.07) is 3.94. The van der Waals surface area contributed by atoms with Crippen molar-refractivity contribution in [3.63, 3.8) is 0 Å².